The fraction of sp³-hybridized carbons (Fsp3) is 0.857. The van der Waals surface area contributed by atoms with E-state index in [0.29, 0.717) is 17.4 Å². The van der Waals surface area contributed by atoms with Crippen LogP contribution < -0.4 is 0 Å². The van der Waals surface area contributed by atoms with Gasteiger partial charge in [-0.15, -0.1) is 0 Å². The van der Waals surface area contributed by atoms with Crippen LogP contribution in [0.4, 0.5) is 0 Å². The standard InChI is InChI=1S/C21H40O2/c1-5-8-10-11-12-14-18(4)16-20(21(22)23)17-19(13-7-3)15-9-6-2/h16,18-19H,5-15,17H2,1-4H3,(H,22,23). The molecule has 136 valence electrons. The van der Waals surface area contributed by atoms with Crippen molar-refractivity contribution in [1.29, 1.82) is 0 Å². The van der Waals surface area contributed by atoms with Gasteiger partial charge >= 0.3 is 5.97 Å². The number of aliphatic carboxylic acids is 1. The van der Waals surface area contributed by atoms with Crippen molar-refractivity contribution < 1.29 is 9.90 Å². The molecule has 0 amide bonds. The second kappa shape index (κ2) is 14.8. The van der Waals surface area contributed by atoms with Crippen molar-refractivity contribution in [2.24, 2.45) is 11.8 Å². The highest BCUT2D eigenvalue weighted by atomic mass is 16.4. The predicted octanol–water partition coefficient (Wildman–Crippen LogP) is 6.99. The van der Waals surface area contributed by atoms with Crippen LogP contribution in [0.25, 0.3) is 0 Å². The Balaban J connectivity index is 4.46. The molecule has 0 spiro atoms. The molecule has 2 nitrogen and oxygen atoms in total. The minimum absolute atomic E-state index is 0.385. The molecule has 0 aliphatic carbocycles. The number of carboxylic acid groups (broad SMARTS) is 1. The van der Waals surface area contributed by atoms with Crippen molar-refractivity contribution in [3.8, 4) is 0 Å². The number of hydrogen-bond donors (Lipinski definition) is 1. The lowest BCUT2D eigenvalue weighted by Crippen LogP contribution is -2.10. The molecular formula is C21H40O2. The molecule has 0 bridgehead atoms. The summed E-state index contributed by atoms with van der Waals surface area (Å²) in [4.78, 5) is 11.6. The van der Waals surface area contributed by atoms with Gasteiger partial charge in [0.25, 0.3) is 0 Å². The molecule has 2 atom stereocenters. The van der Waals surface area contributed by atoms with Gasteiger partial charge in [0.2, 0.25) is 0 Å². The van der Waals surface area contributed by atoms with Gasteiger partial charge in [-0.25, -0.2) is 4.79 Å². The second-order valence-corrected chi connectivity index (χ2v) is 7.18. The van der Waals surface area contributed by atoms with Crippen LogP contribution >= 0.6 is 0 Å². The molecular weight excluding hydrogens is 284 g/mol. The lowest BCUT2D eigenvalue weighted by molar-refractivity contribution is -0.133. The number of carbonyl (C=O) groups is 1. The molecule has 0 saturated heterocycles. The Kier molecular flexibility index (Phi) is 14.3. The highest BCUT2D eigenvalue weighted by Gasteiger charge is 2.16. The molecule has 0 heterocycles. The molecule has 0 aliphatic heterocycles. The van der Waals surface area contributed by atoms with E-state index in [0.717, 1.165) is 25.7 Å². The van der Waals surface area contributed by atoms with E-state index in [-0.39, 0.29) is 0 Å². The smallest absolute Gasteiger partial charge is 0.331 e. The van der Waals surface area contributed by atoms with Crippen molar-refractivity contribution in [3.63, 3.8) is 0 Å². The van der Waals surface area contributed by atoms with Gasteiger partial charge in [0.05, 0.1) is 0 Å². The summed E-state index contributed by atoms with van der Waals surface area (Å²) in [6.45, 7) is 8.80. The van der Waals surface area contributed by atoms with E-state index in [1.54, 1.807) is 0 Å². The maximum atomic E-state index is 11.6. The zero-order chi connectivity index (χ0) is 17.5. The molecule has 0 aromatic heterocycles. The summed E-state index contributed by atoms with van der Waals surface area (Å²) in [5, 5.41) is 9.54. The minimum atomic E-state index is -0.708. The first-order chi connectivity index (χ1) is 11.0. The van der Waals surface area contributed by atoms with Crippen LogP contribution in [-0.4, -0.2) is 11.1 Å². The van der Waals surface area contributed by atoms with E-state index >= 15 is 0 Å². The Bertz CT molecular complexity index is 320. The summed E-state index contributed by atoms with van der Waals surface area (Å²) in [6.07, 6.45) is 16.2. The number of allylic oxidation sites excluding steroid dienone is 1. The van der Waals surface area contributed by atoms with Gasteiger partial charge in [0.15, 0.2) is 0 Å². The summed E-state index contributed by atoms with van der Waals surface area (Å²) in [6, 6.07) is 0. The Morgan fingerprint density at radius 2 is 1.52 bits per heavy atom. The third kappa shape index (κ3) is 12.3. The molecule has 0 aliphatic rings. The van der Waals surface area contributed by atoms with Crippen molar-refractivity contribution >= 4 is 5.97 Å². The largest absolute Gasteiger partial charge is 0.478 e. The summed E-state index contributed by atoms with van der Waals surface area (Å²) in [5.41, 5.74) is 0.653. The third-order valence-electron chi connectivity index (χ3n) is 4.69. The van der Waals surface area contributed by atoms with E-state index in [1.807, 2.05) is 6.08 Å². The molecule has 2 heteroatoms. The number of rotatable bonds is 15. The van der Waals surface area contributed by atoms with Gasteiger partial charge in [-0.3, -0.25) is 0 Å². The molecule has 1 N–H and O–H groups in total. The molecule has 23 heavy (non-hydrogen) atoms. The predicted molar refractivity (Wildman–Crippen MR) is 101 cm³/mol. The van der Waals surface area contributed by atoms with Crippen LogP contribution in [0.3, 0.4) is 0 Å². The highest BCUT2D eigenvalue weighted by molar-refractivity contribution is 5.86. The quantitative estimate of drug-likeness (QED) is 0.260. The van der Waals surface area contributed by atoms with E-state index in [9.17, 15) is 9.90 Å². The Labute approximate surface area is 144 Å². The van der Waals surface area contributed by atoms with Gasteiger partial charge in [-0.05, 0) is 24.7 Å². The van der Waals surface area contributed by atoms with Crippen LogP contribution in [0.5, 0.6) is 0 Å². The van der Waals surface area contributed by atoms with Gasteiger partial charge in [-0.2, -0.15) is 0 Å². The number of carboxylic acids is 1. The third-order valence-corrected chi connectivity index (χ3v) is 4.69. The molecule has 0 fully saturated rings. The van der Waals surface area contributed by atoms with Crippen molar-refractivity contribution in [2.75, 3.05) is 0 Å². The Morgan fingerprint density at radius 3 is 2.09 bits per heavy atom. The maximum Gasteiger partial charge on any atom is 0.331 e. The molecule has 2 unspecified atom stereocenters. The molecule has 0 aromatic rings. The normalized spacial score (nSPS) is 14.7. The SMILES string of the molecule is CCCCCCCC(C)C=C(CC(CCC)CCCC)C(=O)O. The Morgan fingerprint density at radius 1 is 0.870 bits per heavy atom. The molecule has 0 rings (SSSR count). The summed E-state index contributed by atoms with van der Waals surface area (Å²) in [7, 11) is 0. The van der Waals surface area contributed by atoms with Crippen LogP contribution in [0.15, 0.2) is 11.6 Å². The van der Waals surface area contributed by atoms with Crippen LogP contribution in [0, 0.1) is 11.8 Å². The van der Waals surface area contributed by atoms with E-state index in [2.05, 4.69) is 27.7 Å². The maximum absolute atomic E-state index is 11.6. The summed E-state index contributed by atoms with van der Waals surface area (Å²) >= 11 is 0. The minimum Gasteiger partial charge on any atom is -0.478 e. The molecule has 0 radical (unpaired) electrons. The van der Waals surface area contributed by atoms with Crippen molar-refractivity contribution in [1.82, 2.24) is 0 Å². The zero-order valence-electron chi connectivity index (χ0n) is 16.1. The average molecular weight is 325 g/mol. The first-order valence-corrected chi connectivity index (χ1v) is 9.98. The second-order valence-electron chi connectivity index (χ2n) is 7.18. The monoisotopic (exact) mass is 324 g/mol. The fourth-order valence-electron chi connectivity index (χ4n) is 3.28. The molecule has 0 aromatic carbocycles. The summed E-state index contributed by atoms with van der Waals surface area (Å²) < 4.78 is 0. The zero-order valence-corrected chi connectivity index (χ0v) is 16.1. The lowest BCUT2D eigenvalue weighted by Gasteiger charge is -2.17. The first kappa shape index (κ1) is 22.2. The highest BCUT2D eigenvalue weighted by Crippen LogP contribution is 2.25. The van der Waals surface area contributed by atoms with E-state index in [4.69, 9.17) is 0 Å². The van der Waals surface area contributed by atoms with E-state index in [1.165, 1.54) is 51.4 Å². The fourth-order valence-corrected chi connectivity index (χ4v) is 3.28. The lowest BCUT2D eigenvalue weighted by atomic mass is 9.88. The van der Waals surface area contributed by atoms with Crippen LogP contribution in [0.1, 0.15) is 105 Å². The van der Waals surface area contributed by atoms with Crippen LogP contribution in [0.2, 0.25) is 0 Å². The van der Waals surface area contributed by atoms with Gasteiger partial charge in [-0.1, -0.05) is 98.0 Å². The Hall–Kier alpha value is -0.790. The van der Waals surface area contributed by atoms with Crippen molar-refractivity contribution in [3.05, 3.63) is 11.6 Å². The number of unbranched alkanes of at least 4 members (excludes halogenated alkanes) is 5. The first-order valence-electron chi connectivity index (χ1n) is 9.98. The van der Waals surface area contributed by atoms with Crippen molar-refractivity contribution in [2.45, 2.75) is 105 Å². The topological polar surface area (TPSA) is 37.3 Å². The van der Waals surface area contributed by atoms with E-state index < -0.39 is 5.97 Å². The number of hydrogen-bond acceptors (Lipinski definition) is 1. The molecule has 0 saturated carbocycles. The van der Waals surface area contributed by atoms with Gasteiger partial charge in [0.1, 0.15) is 0 Å². The van der Waals surface area contributed by atoms with Gasteiger partial charge in [0, 0.05) is 5.57 Å². The summed E-state index contributed by atoms with van der Waals surface area (Å²) in [5.74, 6) is 0.218. The average Bonchev–Trinajstić information content (AvgIpc) is 2.51. The van der Waals surface area contributed by atoms with Crippen LogP contribution in [-0.2, 0) is 4.79 Å². The van der Waals surface area contributed by atoms with Gasteiger partial charge < -0.3 is 5.11 Å².